The van der Waals surface area contributed by atoms with Crippen molar-refractivity contribution in [1.82, 2.24) is 4.57 Å². The molecule has 1 aromatic rings. The second-order valence-corrected chi connectivity index (χ2v) is 6.27. The minimum absolute atomic E-state index is 0.641. The van der Waals surface area contributed by atoms with Crippen molar-refractivity contribution < 1.29 is 0 Å². The van der Waals surface area contributed by atoms with Crippen LogP contribution in [0.3, 0.4) is 0 Å². The third-order valence-electron chi connectivity index (χ3n) is 3.25. The lowest BCUT2D eigenvalue weighted by Crippen LogP contribution is -1.98. The van der Waals surface area contributed by atoms with Gasteiger partial charge in [-0.2, -0.15) is 0 Å². The molecule has 0 fully saturated rings. The van der Waals surface area contributed by atoms with E-state index >= 15 is 0 Å². The highest BCUT2D eigenvalue weighted by Crippen LogP contribution is 2.23. The zero-order valence-electron chi connectivity index (χ0n) is 11.1. The first kappa shape index (κ1) is 15.1. The number of halogens is 1. The average molecular weight is 347 g/mol. The smallest absolute Gasteiger partial charge is 0.0846 e. The molecule has 0 aliphatic heterocycles. The summed E-state index contributed by atoms with van der Waals surface area (Å²) in [5.74, 6) is 0. The molecule has 1 nitrogen and oxygen atoms in total. The van der Waals surface area contributed by atoms with Crippen LogP contribution in [0.2, 0.25) is 0 Å². The second kappa shape index (κ2) is 9.98. The van der Waals surface area contributed by atoms with E-state index in [0.717, 1.165) is 0 Å². The quantitative estimate of drug-likeness (QED) is 0.280. The van der Waals surface area contributed by atoms with Crippen molar-refractivity contribution in [2.45, 2.75) is 68.8 Å². The van der Waals surface area contributed by atoms with E-state index in [1.165, 1.54) is 57.8 Å². The van der Waals surface area contributed by atoms with E-state index in [9.17, 15) is 0 Å². The molecule has 1 heterocycles. The Morgan fingerprint density at radius 3 is 2.00 bits per heavy atom. The molecule has 0 spiro atoms. The summed E-state index contributed by atoms with van der Waals surface area (Å²) in [6.45, 7) is 2.28. The van der Waals surface area contributed by atoms with Crippen molar-refractivity contribution >= 4 is 22.6 Å². The lowest BCUT2D eigenvalue weighted by molar-refractivity contribution is 0.541. The highest BCUT2D eigenvalue weighted by molar-refractivity contribution is 14.1. The molecule has 0 aromatic carbocycles. The Morgan fingerprint density at radius 2 is 1.41 bits per heavy atom. The Balaban J connectivity index is 1.90. The van der Waals surface area contributed by atoms with Gasteiger partial charge in [0, 0.05) is 12.4 Å². The third kappa shape index (κ3) is 7.12. The van der Waals surface area contributed by atoms with E-state index in [4.69, 9.17) is 0 Å². The maximum Gasteiger partial charge on any atom is 0.0846 e. The fourth-order valence-electron chi connectivity index (χ4n) is 2.13. The Morgan fingerprint density at radius 1 is 0.882 bits per heavy atom. The molecule has 1 atom stereocenters. The Hall–Kier alpha value is 0.0100. The molecule has 0 radical (unpaired) electrons. The largest absolute Gasteiger partial charge is 0.342 e. The Kier molecular flexibility index (Phi) is 8.85. The molecule has 98 valence electrons. The summed E-state index contributed by atoms with van der Waals surface area (Å²) in [4.78, 5) is 0. The van der Waals surface area contributed by atoms with Crippen LogP contribution >= 0.6 is 22.6 Å². The van der Waals surface area contributed by atoms with Crippen LogP contribution in [0.25, 0.3) is 0 Å². The van der Waals surface area contributed by atoms with Crippen LogP contribution in [0.5, 0.6) is 0 Å². The number of hydrogen-bond donors (Lipinski definition) is 0. The van der Waals surface area contributed by atoms with E-state index in [2.05, 4.69) is 58.6 Å². The van der Waals surface area contributed by atoms with Crippen LogP contribution in [-0.2, 0) is 0 Å². The molecule has 0 saturated heterocycles. The molecule has 1 aromatic heterocycles. The molecule has 17 heavy (non-hydrogen) atoms. The monoisotopic (exact) mass is 347 g/mol. The van der Waals surface area contributed by atoms with Crippen LogP contribution in [-0.4, -0.2) is 4.57 Å². The summed E-state index contributed by atoms with van der Waals surface area (Å²) in [7, 11) is 0. The van der Waals surface area contributed by atoms with Gasteiger partial charge in [0.2, 0.25) is 0 Å². The van der Waals surface area contributed by atoms with Crippen molar-refractivity contribution in [3.05, 3.63) is 24.5 Å². The van der Waals surface area contributed by atoms with Crippen molar-refractivity contribution in [2.75, 3.05) is 0 Å². The van der Waals surface area contributed by atoms with Gasteiger partial charge in [-0.1, -0.05) is 80.9 Å². The highest BCUT2D eigenvalue weighted by atomic mass is 127. The van der Waals surface area contributed by atoms with Gasteiger partial charge in [0.25, 0.3) is 0 Å². The predicted octanol–water partition coefficient (Wildman–Crippen LogP) is 5.95. The van der Waals surface area contributed by atoms with Crippen molar-refractivity contribution in [2.24, 2.45) is 0 Å². The van der Waals surface area contributed by atoms with E-state index in [0.29, 0.717) is 4.05 Å². The van der Waals surface area contributed by atoms with Gasteiger partial charge >= 0.3 is 0 Å². The van der Waals surface area contributed by atoms with Crippen molar-refractivity contribution in [3.8, 4) is 0 Å². The van der Waals surface area contributed by atoms with Gasteiger partial charge in [0.1, 0.15) is 0 Å². The molecule has 0 saturated carbocycles. The fourth-order valence-corrected chi connectivity index (χ4v) is 2.94. The zero-order chi connectivity index (χ0) is 12.3. The molecule has 0 N–H and O–H groups in total. The summed E-state index contributed by atoms with van der Waals surface area (Å²) >= 11 is 2.55. The molecular formula is C15H26IN. The van der Waals surface area contributed by atoms with E-state index in [-0.39, 0.29) is 0 Å². The van der Waals surface area contributed by atoms with Gasteiger partial charge in [-0.25, -0.2) is 0 Å². The average Bonchev–Trinajstić information content (AvgIpc) is 2.86. The first-order valence-corrected chi connectivity index (χ1v) is 8.35. The predicted molar refractivity (Wildman–Crippen MR) is 84.7 cm³/mol. The van der Waals surface area contributed by atoms with Gasteiger partial charge in [-0.05, 0) is 18.6 Å². The number of alkyl halides is 1. The number of rotatable bonds is 10. The molecule has 0 aliphatic carbocycles. The van der Waals surface area contributed by atoms with Crippen LogP contribution in [0, 0.1) is 0 Å². The van der Waals surface area contributed by atoms with E-state index in [1.807, 2.05) is 0 Å². The first-order valence-electron chi connectivity index (χ1n) is 7.11. The first-order chi connectivity index (χ1) is 8.34. The molecule has 0 amide bonds. The molecule has 0 aliphatic rings. The summed E-state index contributed by atoms with van der Waals surface area (Å²) in [5, 5.41) is 0. The van der Waals surface area contributed by atoms with Crippen LogP contribution in [0.1, 0.15) is 68.8 Å². The van der Waals surface area contributed by atoms with Gasteiger partial charge in [-0.3, -0.25) is 0 Å². The Labute approximate surface area is 120 Å². The zero-order valence-corrected chi connectivity index (χ0v) is 13.2. The summed E-state index contributed by atoms with van der Waals surface area (Å²) in [6, 6.07) is 4.22. The maximum absolute atomic E-state index is 2.55. The van der Waals surface area contributed by atoms with Crippen molar-refractivity contribution in [3.63, 3.8) is 0 Å². The van der Waals surface area contributed by atoms with Crippen LogP contribution in [0.15, 0.2) is 24.5 Å². The van der Waals surface area contributed by atoms with Crippen LogP contribution in [0.4, 0.5) is 0 Å². The topological polar surface area (TPSA) is 4.93 Å². The van der Waals surface area contributed by atoms with Crippen molar-refractivity contribution in [1.29, 1.82) is 0 Å². The lowest BCUT2D eigenvalue weighted by atomic mass is 10.1. The normalized spacial score (nSPS) is 12.8. The second-order valence-electron chi connectivity index (χ2n) is 4.83. The van der Waals surface area contributed by atoms with E-state index < -0.39 is 0 Å². The van der Waals surface area contributed by atoms with Crippen LogP contribution < -0.4 is 0 Å². The lowest BCUT2D eigenvalue weighted by Gasteiger charge is -2.11. The molecule has 1 rings (SSSR count). The Bertz CT molecular complexity index is 256. The molecule has 2 heteroatoms. The minimum Gasteiger partial charge on any atom is -0.342 e. The van der Waals surface area contributed by atoms with Gasteiger partial charge < -0.3 is 4.57 Å². The summed E-state index contributed by atoms with van der Waals surface area (Å²) in [6.07, 6.45) is 17.0. The number of nitrogens with zero attached hydrogens (tertiary/aromatic N) is 1. The molecule has 0 bridgehead atoms. The third-order valence-corrected chi connectivity index (χ3v) is 4.51. The standard InChI is InChI=1S/C15H26IN/c1-2-3-4-5-6-7-8-9-12-15(16)17-13-10-11-14-17/h10-11,13-15H,2-9,12H2,1H3. The fraction of sp³-hybridized carbons (Fsp3) is 0.733. The van der Waals surface area contributed by atoms with Gasteiger partial charge in [0.15, 0.2) is 0 Å². The SMILES string of the molecule is CCCCCCCCCCC(I)n1cccc1. The summed E-state index contributed by atoms with van der Waals surface area (Å²) in [5.41, 5.74) is 0. The number of hydrogen-bond acceptors (Lipinski definition) is 0. The molecular weight excluding hydrogens is 321 g/mol. The molecule has 1 unspecified atom stereocenters. The maximum atomic E-state index is 2.55. The van der Waals surface area contributed by atoms with Gasteiger partial charge in [0.05, 0.1) is 4.05 Å². The minimum atomic E-state index is 0.641. The summed E-state index contributed by atoms with van der Waals surface area (Å²) < 4.78 is 2.95. The number of unbranched alkanes of at least 4 members (excludes halogenated alkanes) is 7. The van der Waals surface area contributed by atoms with E-state index in [1.54, 1.807) is 0 Å². The van der Waals surface area contributed by atoms with Gasteiger partial charge in [-0.15, -0.1) is 0 Å². The highest BCUT2D eigenvalue weighted by Gasteiger charge is 2.03. The number of aromatic nitrogens is 1.